The molecule has 138 valence electrons. The highest BCUT2D eigenvalue weighted by Gasteiger charge is 2.10. The predicted octanol–water partition coefficient (Wildman–Crippen LogP) is 3.80. The molecule has 1 aromatic rings. The molecule has 0 amide bonds. The number of aromatic nitrogens is 2. The van der Waals surface area contributed by atoms with Gasteiger partial charge in [0, 0.05) is 38.4 Å². The molecule has 0 aliphatic rings. The number of rotatable bonds is 9. The average molecular weight is 447 g/mol. The number of aliphatic imine (C=N–C) groups is 1. The van der Waals surface area contributed by atoms with Gasteiger partial charge in [-0.25, -0.2) is 4.99 Å². The molecule has 1 rings (SSSR count). The number of allylic oxidation sites excluding steroid dienone is 1. The smallest absolute Gasteiger partial charge is 0.193 e. The second-order valence-electron chi connectivity index (χ2n) is 6.00. The summed E-state index contributed by atoms with van der Waals surface area (Å²) in [5.41, 5.74) is 3.48. The van der Waals surface area contributed by atoms with E-state index in [9.17, 15) is 0 Å². The summed E-state index contributed by atoms with van der Waals surface area (Å²) in [5, 5.41) is 7.85. The van der Waals surface area contributed by atoms with Gasteiger partial charge in [-0.15, -0.1) is 30.6 Å². The normalized spacial score (nSPS) is 11.1. The first kappa shape index (κ1) is 22.9. The molecule has 0 atom stereocenters. The molecule has 0 bridgehead atoms. The van der Waals surface area contributed by atoms with E-state index in [0.29, 0.717) is 6.54 Å². The number of guanidine groups is 1. The van der Waals surface area contributed by atoms with Crippen molar-refractivity contribution in [3.63, 3.8) is 0 Å². The van der Waals surface area contributed by atoms with Gasteiger partial charge in [0.2, 0.25) is 0 Å². The number of unbranched alkanes of at least 4 members (excludes halogenated alkanes) is 3. The van der Waals surface area contributed by atoms with Crippen LogP contribution in [0.5, 0.6) is 0 Å². The van der Waals surface area contributed by atoms with Gasteiger partial charge >= 0.3 is 0 Å². The fraction of sp³-hybridized carbons (Fsp3) is 0.667. The van der Waals surface area contributed by atoms with E-state index in [1.165, 1.54) is 30.5 Å². The molecule has 0 aliphatic carbocycles. The fourth-order valence-electron chi connectivity index (χ4n) is 2.59. The van der Waals surface area contributed by atoms with Crippen LogP contribution < -0.4 is 5.32 Å². The average Bonchev–Trinajstić information content (AvgIpc) is 2.76. The molecule has 0 fully saturated rings. The number of nitrogens with one attached hydrogen (secondary N) is 1. The topological polar surface area (TPSA) is 45.5 Å². The Morgan fingerprint density at radius 1 is 1.33 bits per heavy atom. The molecule has 0 aliphatic heterocycles. The van der Waals surface area contributed by atoms with Crippen molar-refractivity contribution < 1.29 is 0 Å². The molecular weight excluding hydrogens is 413 g/mol. The Hall–Kier alpha value is -1.05. The third kappa shape index (κ3) is 7.23. The molecule has 24 heavy (non-hydrogen) atoms. The standard InChI is InChI=1S/C18H33N5.HI/c1-7-9-10-11-12-13-22(5)18(19-8-2)20-14-17-15(3)21-23(6)16(17)4;/h7H,1,8-14H2,2-6H3,(H,19,20);1H. The zero-order chi connectivity index (χ0) is 17.2. The van der Waals surface area contributed by atoms with Gasteiger partial charge in [-0.2, -0.15) is 5.10 Å². The maximum atomic E-state index is 4.80. The maximum absolute atomic E-state index is 4.80. The molecule has 0 aromatic carbocycles. The van der Waals surface area contributed by atoms with Crippen LogP contribution in [0.3, 0.4) is 0 Å². The van der Waals surface area contributed by atoms with Crippen LogP contribution in [0.15, 0.2) is 17.6 Å². The number of nitrogens with zero attached hydrogens (tertiary/aromatic N) is 4. The molecule has 0 unspecified atom stereocenters. The Balaban J connectivity index is 0.00000529. The molecule has 5 nitrogen and oxygen atoms in total. The quantitative estimate of drug-likeness (QED) is 0.206. The molecule has 0 saturated carbocycles. The van der Waals surface area contributed by atoms with E-state index in [0.717, 1.165) is 31.2 Å². The zero-order valence-corrected chi connectivity index (χ0v) is 18.3. The number of aryl methyl sites for hydroxylation is 2. The highest BCUT2D eigenvalue weighted by molar-refractivity contribution is 14.0. The van der Waals surface area contributed by atoms with E-state index in [2.05, 4.69) is 42.8 Å². The van der Waals surface area contributed by atoms with Gasteiger partial charge in [-0.1, -0.05) is 12.5 Å². The van der Waals surface area contributed by atoms with Crippen LogP contribution in [0.2, 0.25) is 0 Å². The Bertz CT molecular complexity index is 522. The molecule has 0 saturated heterocycles. The molecule has 1 heterocycles. The minimum atomic E-state index is 0. The summed E-state index contributed by atoms with van der Waals surface area (Å²) in [5.74, 6) is 0.971. The van der Waals surface area contributed by atoms with E-state index in [1.807, 2.05) is 24.7 Å². The summed E-state index contributed by atoms with van der Waals surface area (Å²) >= 11 is 0. The first-order valence-corrected chi connectivity index (χ1v) is 8.60. The van der Waals surface area contributed by atoms with Crippen molar-refractivity contribution in [3.05, 3.63) is 29.6 Å². The van der Waals surface area contributed by atoms with Crippen molar-refractivity contribution in [3.8, 4) is 0 Å². The molecular formula is C18H34IN5. The van der Waals surface area contributed by atoms with E-state index in [4.69, 9.17) is 4.99 Å². The summed E-state index contributed by atoms with van der Waals surface area (Å²) in [7, 11) is 4.09. The van der Waals surface area contributed by atoms with Gasteiger partial charge in [0.1, 0.15) is 0 Å². The Morgan fingerprint density at radius 3 is 2.58 bits per heavy atom. The number of hydrogen-bond donors (Lipinski definition) is 1. The summed E-state index contributed by atoms with van der Waals surface area (Å²) in [6.07, 6.45) is 6.74. The van der Waals surface area contributed by atoms with Gasteiger partial charge in [-0.05, 0) is 40.0 Å². The lowest BCUT2D eigenvalue weighted by atomic mass is 10.2. The summed E-state index contributed by atoms with van der Waals surface area (Å²) in [6.45, 7) is 12.6. The van der Waals surface area contributed by atoms with Gasteiger partial charge < -0.3 is 10.2 Å². The van der Waals surface area contributed by atoms with Crippen molar-refractivity contribution in [2.75, 3.05) is 20.1 Å². The van der Waals surface area contributed by atoms with Crippen molar-refractivity contribution in [2.24, 2.45) is 12.0 Å². The first-order chi connectivity index (χ1) is 11.0. The van der Waals surface area contributed by atoms with Gasteiger partial charge in [0.05, 0.1) is 12.2 Å². The summed E-state index contributed by atoms with van der Waals surface area (Å²) in [4.78, 5) is 7.02. The number of hydrogen-bond acceptors (Lipinski definition) is 2. The third-order valence-corrected chi connectivity index (χ3v) is 4.14. The van der Waals surface area contributed by atoms with Crippen molar-refractivity contribution >= 4 is 29.9 Å². The van der Waals surface area contributed by atoms with Crippen LogP contribution in [0.4, 0.5) is 0 Å². The fourth-order valence-corrected chi connectivity index (χ4v) is 2.59. The largest absolute Gasteiger partial charge is 0.357 e. The van der Waals surface area contributed by atoms with Gasteiger partial charge in [0.25, 0.3) is 0 Å². The summed E-state index contributed by atoms with van der Waals surface area (Å²) < 4.78 is 1.93. The highest BCUT2D eigenvalue weighted by atomic mass is 127. The maximum Gasteiger partial charge on any atom is 0.193 e. The lowest BCUT2D eigenvalue weighted by Crippen LogP contribution is -2.39. The monoisotopic (exact) mass is 447 g/mol. The van der Waals surface area contributed by atoms with E-state index >= 15 is 0 Å². The van der Waals surface area contributed by atoms with E-state index in [1.54, 1.807) is 0 Å². The van der Waals surface area contributed by atoms with Gasteiger partial charge in [0.15, 0.2) is 5.96 Å². The molecule has 1 aromatic heterocycles. The Labute approximate surface area is 164 Å². The number of halogens is 1. The van der Waals surface area contributed by atoms with Crippen molar-refractivity contribution in [1.82, 2.24) is 20.0 Å². The van der Waals surface area contributed by atoms with Gasteiger partial charge in [-0.3, -0.25) is 4.68 Å². The Morgan fingerprint density at radius 2 is 2.04 bits per heavy atom. The van der Waals surface area contributed by atoms with Crippen LogP contribution in [0, 0.1) is 13.8 Å². The second kappa shape index (κ2) is 12.3. The third-order valence-electron chi connectivity index (χ3n) is 4.14. The Kier molecular flexibility index (Phi) is 11.8. The molecule has 0 spiro atoms. The highest BCUT2D eigenvalue weighted by Crippen LogP contribution is 2.13. The van der Waals surface area contributed by atoms with Crippen LogP contribution in [0.25, 0.3) is 0 Å². The van der Waals surface area contributed by atoms with Crippen LogP contribution >= 0.6 is 24.0 Å². The molecule has 1 N–H and O–H groups in total. The van der Waals surface area contributed by atoms with E-state index < -0.39 is 0 Å². The van der Waals surface area contributed by atoms with E-state index in [-0.39, 0.29) is 24.0 Å². The minimum absolute atomic E-state index is 0. The first-order valence-electron chi connectivity index (χ1n) is 8.60. The second-order valence-corrected chi connectivity index (χ2v) is 6.00. The van der Waals surface area contributed by atoms with Crippen molar-refractivity contribution in [2.45, 2.75) is 53.0 Å². The zero-order valence-electron chi connectivity index (χ0n) is 15.9. The van der Waals surface area contributed by atoms with Crippen LogP contribution in [0.1, 0.15) is 49.6 Å². The predicted molar refractivity (Wildman–Crippen MR) is 114 cm³/mol. The molecule has 0 radical (unpaired) electrons. The summed E-state index contributed by atoms with van der Waals surface area (Å²) in [6, 6.07) is 0. The minimum Gasteiger partial charge on any atom is -0.357 e. The van der Waals surface area contributed by atoms with Crippen molar-refractivity contribution in [1.29, 1.82) is 0 Å². The SMILES string of the molecule is C=CCCCCCN(C)C(=NCc1c(C)nn(C)c1C)NCC.I. The lowest BCUT2D eigenvalue weighted by Gasteiger charge is -2.22. The van der Waals surface area contributed by atoms with Crippen LogP contribution in [-0.4, -0.2) is 40.8 Å². The lowest BCUT2D eigenvalue weighted by molar-refractivity contribution is 0.455. The van der Waals surface area contributed by atoms with Crippen LogP contribution in [-0.2, 0) is 13.6 Å². The molecule has 6 heteroatoms.